The Hall–Kier alpha value is -0.350. The highest BCUT2D eigenvalue weighted by molar-refractivity contribution is 6.32. The summed E-state index contributed by atoms with van der Waals surface area (Å²) >= 11 is 11.9. The molecule has 0 bridgehead atoms. The highest BCUT2D eigenvalue weighted by Crippen LogP contribution is 2.23. The Morgan fingerprint density at radius 1 is 1.39 bits per heavy atom. The first-order valence-electron chi connectivity index (χ1n) is 6.35. The van der Waals surface area contributed by atoms with Gasteiger partial charge >= 0.3 is 0 Å². The van der Waals surface area contributed by atoms with Crippen LogP contribution in [0.5, 0.6) is 0 Å². The Labute approximate surface area is 118 Å². The summed E-state index contributed by atoms with van der Waals surface area (Å²) in [6.07, 6.45) is 2.33. The van der Waals surface area contributed by atoms with E-state index < -0.39 is 0 Å². The summed E-state index contributed by atoms with van der Waals surface area (Å²) in [5.41, 5.74) is 6.98. The Morgan fingerprint density at radius 2 is 2.06 bits per heavy atom. The Kier molecular flexibility index (Phi) is 4.84. The molecule has 0 aliphatic carbocycles. The summed E-state index contributed by atoms with van der Waals surface area (Å²) in [7, 11) is 0. The second-order valence-electron chi connectivity index (χ2n) is 5.06. The van der Waals surface area contributed by atoms with Gasteiger partial charge in [-0.1, -0.05) is 29.3 Å². The Morgan fingerprint density at radius 3 is 2.61 bits per heavy atom. The van der Waals surface area contributed by atoms with Gasteiger partial charge in [0.25, 0.3) is 0 Å². The molecule has 3 nitrogen and oxygen atoms in total. The Balaban J connectivity index is 1.91. The van der Waals surface area contributed by atoms with Crippen molar-refractivity contribution in [2.75, 3.05) is 13.1 Å². The monoisotopic (exact) mass is 287 g/mol. The van der Waals surface area contributed by atoms with Gasteiger partial charge in [-0.15, -0.1) is 0 Å². The molecule has 0 spiro atoms. The van der Waals surface area contributed by atoms with Crippen molar-refractivity contribution in [3.05, 3.63) is 28.0 Å². The molecule has 1 saturated heterocycles. The number of hydrogen-bond donors (Lipinski definition) is 1. The van der Waals surface area contributed by atoms with E-state index in [-0.39, 0.29) is 0 Å². The lowest BCUT2D eigenvalue weighted by molar-refractivity contribution is 0.165. The minimum Gasteiger partial charge on any atom is -0.328 e. The molecule has 0 radical (unpaired) electrons. The van der Waals surface area contributed by atoms with Crippen LogP contribution in [0.25, 0.3) is 0 Å². The van der Waals surface area contributed by atoms with E-state index >= 15 is 0 Å². The normalized spacial score (nSPS) is 20.0. The molecule has 5 heteroatoms. The predicted molar refractivity (Wildman–Crippen MR) is 75.9 cm³/mol. The number of hydrogen-bond acceptors (Lipinski definition) is 3. The van der Waals surface area contributed by atoms with Crippen molar-refractivity contribution < 1.29 is 0 Å². The van der Waals surface area contributed by atoms with Crippen LogP contribution in [-0.4, -0.2) is 29.0 Å². The molecule has 0 saturated carbocycles. The molecule has 1 aromatic rings. The van der Waals surface area contributed by atoms with E-state index in [0.717, 1.165) is 38.0 Å². The number of pyridine rings is 1. The predicted octanol–water partition coefficient (Wildman–Crippen LogP) is 2.95. The molecule has 1 aliphatic heterocycles. The summed E-state index contributed by atoms with van der Waals surface area (Å²) in [5, 5.41) is 0.955. The van der Waals surface area contributed by atoms with Crippen LogP contribution in [0, 0.1) is 5.92 Å². The van der Waals surface area contributed by atoms with Crippen molar-refractivity contribution in [1.82, 2.24) is 9.88 Å². The lowest BCUT2D eigenvalue weighted by Gasteiger charge is -2.33. The molecule has 0 amide bonds. The van der Waals surface area contributed by atoms with E-state index in [9.17, 15) is 0 Å². The lowest BCUT2D eigenvalue weighted by Crippen LogP contribution is -2.39. The van der Waals surface area contributed by atoms with E-state index in [1.165, 1.54) is 0 Å². The number of nitrogens with zero attached hydrogens (tertiary/aromatic N) is 2. The zero-order valence-electron chi connectivity index (χ0n) is 10.6. The number of rotatable bonds is 3. The van der Waals surface area contributed by atoms with Gasteiger partial charge in [-0.25, -0.2) is 4.98 Å². The van der Waals surface area contributed by atoms with Crippen LogP contribution in [0.15, 0.2) is 12.1 Å². The van der Waals surface area contributed by atoms with Gasteiger partial charge in [0, 0.05) is 18.2 Å². The molecule has 1 unspecified atom stereocenters. The van der Waals surface area contributed by atoms with Crippen molar-refractivity contribution in [2.24, 2.45) is 11.7 Å². The quantitative estimate of drug-likeness (QED) is 0.869. The maximum atomic E-state index is 6.09. The largest absolute Gasteiger partial charge is 0.328 e. The molecular formula is C13H19Cl2N3. The fourth-order valence-corrected chi connectivity index (χ4v) is 2.84. The number of piperidine rings is 1. The highest BCUT2D eigenvalue weighted by Gasteiger charge is 2.22. The number of nitrogens with two attached hydrogens (primary N) is 1. The average Bonchev–Trinajstić information content (AvgIpc) is 2.33. The van der Waals surface area contributed by atoms with Crippen LogP contribution in [0.1, 0.15) is 25.3 Å². The van der Waals surface area contributed by atoms with Crippen molar-refractivity contribution in [2.45, 2.75) is 32.4 Å². The summed E-state index contributed by atoms with van der Waals surface area (Å²) in [4.78, 5) is 6.46. The molecule has 0 aromatic carbocycles. The first kappa shape index (κ1) is 14.1. The van der Waals surface area contributed by atoms with Gasteiger partial charge in [-0.3, -0.25) is 4.90 Å². The van der Waals surface area contributed by atoms with Gasteiger partial charge < -0.3 is 5.73 Å². The zero-order valence-corrected chi connectivity index (χ0v) is 12.1. The third kappa shape index (κ3) is 3.58. The molecule has 2 rings (SSSR count). The van der Waals surface area contributed by atoms with Gasteiger partial charge in [-0.2, -0.15) is 0 Å². The number of halogens is 2. The van der Waals surface area contributed by atoms with Crippen LogP contribution in [0.4, 0.5) is 0 Å². The van der Waals surface area contributed by atoms with Crippen molar-refractivity contribution in [1.29, 1.82) is 0 Å². The second-order valence-corrected chi connectivity index (χ2v) is 5.80. The van der Waals surface area contributed by atoms with Gasteiger partial charge in [0.2, 0.25) is 0 Å². The van der Waals surface area contributed by atoms with Gasteiger partial charge in [0.1, 0.15) is 10.3 Å². The van der Waals surface area contributed by atoms with E-state index in [1.54, 1.807) is 6.07 Å². The molecule has 1 aliphatic rings. The summed E-state index contributed by atoms with van der Waals surface area (Å²) in [6.45, 7) is 5.09. The molecule has 1 atom stereocenters. The van der Waals surface area contributed by atoms with E-state index in [4.69, 9.17) is 28.9 Å². The standard InChI is InChI=1S/C13H19Cl2N3/c1-9(16)10-4-6-18(7-5-10)8-11-2-3-12(14)17-13(11)15/h2-3,9-10H,4-8,16H2,1H3. The van der Waals surface area contributed by atoms with Gasteiger partial charge in [0.05, 0.1) is 0 Å². The molecular weight excluding hydrogens is 269 g/mol. The molecule has 100 valence electrons. The van der Waals surface area contributed by atoms with Gasteiger partial charge in [0.15, 0.2) is 0 Å². The van der Waals surface area contributed by atoms with Crippen molar-refractivity contribution >= 4 is 23.2 Å². The molecule has 1 aromatic heterocycles. The zero-order chi connectivity index (χ0) is 13.1. The van der Waals surface area contributed by atoms with Crippen molar-refractivity contribution in [3.8, 4) is 0 Å². The molecule has 18 heavy (non-hydrogen) atoms. The van der Waals surface area contributed by atoms with Crippen LogP contribution >= 0.6 is 23.2 Å². The average molecular weight is 288 g/mol. The fraction of sp³-hybridized carbons (Fsp3) is 0.615. The maximum Gasteiger partial charge on any atom is 0.135 e. The smallest absolute Gasteiger partial charge is 0.135 e. The van der Waals surface area contributed by atoms with E-state index in [0.29, 0.717) is 22.3 Å². The first-order chi connectivity index (χ1) is 8.56. The van der Waals surface area contributed by atoms with E-state index in [2.05, 4.69) is 16.8 Å². The first-order valence-corrected chi connectivity index (χ1v) is 7.10. The molecule has 2 heterocycles. The number of likely N-dealkylation sites (tertiary alicyclic amines) is 1. The third-order valence-electron chi connectivity index (χ3n) is 3.66. The minimum atomic E-state index is 0.299. The maximum absolute atomic E-state index is 6.09. The van der Waals surface area contributed by atoms with Crippen LogP contribution < -0.4 is 5.73 Å². The molecule has 2 N–H and O–H groups in total. The summed E-state index contributed by atoms with van der Waals surface area (Å²) < 4.78 is 0. The summed E-state index contributed by atoms with van der Waals surface area (Å²) in [6, 6.07) is 4.04. The lowest BCUT2D eigenvalue weighted by atomic mass is 9.91. The van der Waals surface area contributed by atoms with Crippen LogP contribution in [0.3, 0.4) is 0 Å². The van der Waals surface area contributed by atoms with Crippen molar-refractivity contribution in [3.63, 3.8) is 0 Å². The van der Waals surface area contributed by atoms with Crippen LogP contribution in [0.2, 0.25) is 10.3 Å². The Bertz CT molecular complexity index is 401. The SMILES string of the molecule is CC(N)C1CCN(Cc2ccc(Cl)nc2Cl)CC1. The second kappa shape index (κ2) is 6.20. The summed E-state index contributed by atoms with van der Waals surface area (Å²) in [5.74, 6) is 0.653. The molecule has 1 fully saturated rings. The van der Waals surface area contributed by atoms with Crippen LogP contribution in [-0.2, 0) is 6.54 Å². The highest BCUT2D eigenvalue weighted by atomic mass is 35.5. The van der Waals surface area contributed by atoms with E-state index in [1.807, 2.05) is 6.07 Å². The van der Waals surface area contributed by atoms with Gasteiger partial charge in [-0.05, 0) is 44.8 Å². The topological polar surface area (TPSA) is 42.1 Å². The minimum absolute atomic E-state index is 0.299. The third-order valence-corrected chi connectivity index (χ3v) is 4.20. The number of aromatic nitrogens is 1. The fourth-order valence-electron chi connectivity index (χ4n) is 2.44.